The first-order chi connectivity index (χ1) is 17.3. The third-order valence-electron chi connectivity index (χ3n) is 7.28. The molecule has 0 atom stereocenters. The van der Waals surface area contributed by atoms with Crippen molar-refractivity contribution in [3.05, 3.63) is 95.5 Å². The predicted octanol–water partition coefficient (Wildman–Crippen LogP) is 6.63. The van der Waals surface area contributed by atoms with Crippen molar-refractivity contribution >= 4 is 11.4 Å². The minimum absolute atomic E-state index is 0.605. The van der Waals surface area contributed by atoms with Crippen molar-refractivity contribution in [2.45, 2.75) is 77.8 Å². The minimum Gasteiger partial charge on any atom is -0.397 e. The van der Waals surface area contributed by atoms with Gasteiger partial charge in [-0.3, -0.25) is 9.91 Å². The predicted molar refractivity (Wildman–Crippen MR) is 155 cm³/mol. The first kappa shape index (κ1) is 27.6. The fourth-order valence-electron chi connectivity index (χ4n) is 5.10. The van der Waals surface area contributed by atoms with E-state index in [0.29, 0.717) is 11.4 Å². The third kappa shape index (κ3) is 7.49. The summed E-state index contributed by atoms with van der Waals surface area (Å²) in [6.07, 6.45) is 12.3. The molecule has 0 aromatic heterocycles. The number of anilines is 2. The SMILES string of the molecule is C=C(/C(N)=C\C)N(N)c1ccc2c(c1)CCC2.C=C(C)Nc1ccccc1CN(C)C1CCCCC1. The summed E-state index contributed by atoms with van der Waals surface area (Å²) >= 11 is 0. The molecule has 5 heteroatoms. The van der Waals surface area contributed by atoms with Crippen molar-refractivity contribution in [1.82, 2.24) is 4.90 Å². The van der Waals surface area contributed by atoms with Crippen LogP contribution in [-0.4, -0.2) is 18.0 Å². The summed E-state index contributed by atoms with van der Waals surface area (Å²) in [4.78, 5) is 2.51. The van der Waals surface area contributed by atoms with E-state index in [1.165, 1.54) is 67.3 Å². The van der Waals surface area contributed by atoms with Gasteiger partial charge in [-0.25, -0.2) is 5.84 Å². The van der Waals surface area contributed by atoms with Gasteiger partial charge >= 0.3 is 0 Å². The Labute approximate surface area is 218 Å². The Bertz CT molecular complexity index is 1060. The molecule has 0 unspecified atom stereocenters. The Morgan fingerprint density at radius 3 is 2.42 bits per heavy atom. The minimum atomic E-state index is 0.605. The molecule has 4 rings (SSSR count). The number of hydrazine groups is 1. The number of fused-ring (bicyclic) bond motifs is 1. The lowest BCUT2D eigenvalue weighted by molar-refractivity contribution is 0.185. The second kappa shape index (κ2) is 13.3. The van der Waals surface area contributed by atoms with Gasteiger partial charge in [0, 0.05) is 24.0 Å². The lowest BCUT2D eigenvalue weighted by Crippen LogP contribution is -2.33. The standard InChI is InChI=1S/C17H26N2.C14H19N3/c1-14(2)18-17-12-8-7-9-15(17)13-19(3)16-10-5-4-6-11-16;1-3-14(15)10(2)17(16)13-8-7-11-5-4-6-12(11)9-13/h7-9,12,16,18H,1,4-6,10-11,13H2,2-3H3;3,7-9H,2,4-6,15-16H2,1H3/b;14-3+. The molecule has 5 N–H and O–H groups in total. The molecule has 2 aliphatic rings. The molecule has 0 amide bonds. The fourth-order valence-corrected chi connectivity index (χ4v) is 5.10. The number of allylic oxidation sites excluding steroid dienone is 2. The van der Waals surface area contributed by atoms with E-state index in [1.54, 1.807) is 11.1 Å². The van der Waals surface area contributed by atoms with E-state index in [2.05, 4.69) is 66.8 Å². The van der Waals surface area contributed by atoms with Crippen molar-refractivity contribution < 1.29 is 0 Å². The van der Waals surface area contributed by atoms with Crippen LogP contribution in [0.3, 0.4) is 0 Å². The smallest absolute Gasteiger partial charge is 0.0729 e. The molecule has 0 spiro atoms. The van der Waals surface area contributed by atoms with E-state index >= 15 is 0 Å². The second-order valence-corrected chi connectivity index (χ2v) is 10.1. The first-order valence-corrected chi connectivity index (χ1v) is 13.3. The van der Waals surface area contributed by atoms with E-state index in [0.717, 1.165) is 30.4 Å². The number of nitrogens with zero attached hydrogens (tertiary/aromatic N) is 2. The highest BCUT2D eigenvalue weighted by molar-refractivity contribution is 5.57. The topological polar surface area (TPSA) is 70.5 Å². The van der Waals surface area contributed by atoms with Gasteiger partial charge in [-0.15, -0.1) is 0 Å². The number of benzene rings is 2. The summed E-state index contributed by atoms with van der Waals surface area (Å²) in [6, 6.07) is 15.6. The molecular formula is C31H45N5. The third-order valence-corrected chi connectivity index (χ3v) is 7.28. The second-order valence-electron chi connectivity index (χ2n) is 10.1. The Morgan fingerprint density at radius 1 is 1.03 bits per heavy atom. The van der Waals surface area contributed by atoms with Gasteiger partial charge in [0.1, 0.15) is 0 Å². The number of nitrogens with one attached hydrogen (secondary N) is 1. The van der Waals surface area contributed by atoms with Crippen LogP contribution < -0.4 is 21.9 Å². The summed E-state index contributed by atoms with van der Waals surface area (Å²) in [5.41, 5.74) is 14.4. The normalized spacial score (nSPS) is 15.6. The molecule has 2 aromatic carbocycles. The maximum atomic E-state index is 6.02. The molecule has 2 aliphatic carbocycles. The lowest BCUT2D eigenvalue weighted by Gasteiger charge is -2.31. The molecule has 36 heavy (non-hydrogen) atoms. The van der Waals surface area contributed by atoms with Gasteiger partial charge in [-0.05, 0) is 87.9 Å². The molecule has 2 aromatic rings. The molecule has 0 radical (unpaired) electrons. The number of hydrogen-bond acceptors (Lipinski definition) is 5. The maximum absolute atomic E-state index is 6.02. The average Bonchev–Trinajstić information content (AvgIpc) is 3.37. The monoisotopic (exact) mass is 487 g/mol. The van der Waals surface area contributed by atoms with Crippen LogP contribution in [0.2, 0.25) is 0 Å². The van der Waals surface area contributed by atoms with Crippen LogP contribution in [0.4, 0.5) is 11.4 Å². The largest absolute Gasteiger partial charge is 0.397 e. The van der Waals surface area contributed by atoms with Gasteiger partial charge in [0.25, 0.3) is 0 Å². The van der Waals surface area contributed by atoms with Crippen LogP contribution in [0, 0.1) is 0 Å². The van der Waals surface area contributed by atoms with Crippen molar-refractivity contribution in [2.75, 3.05) is 17.4 Å². The van der Waals surface area contributed by atoms with Gasteiger partial charge in [0.2, 0.25) is 0 Å². The number of rotatable bonds is 8. The molecule has 1 fully saturated rings. The van der Waals surface area contributed by atoms with Crippen molar-refractivity contribution in [1.29, 1.82) is 0 Å². The Hall–Kier alpha value is -3.02. The van der Waals surface area contributed by atoms with Crippen LogP contribution >= 0.6 is 0 Å². The summed E-state index contributed by atoms with van der Waals surface area (Å²) in [6.45, 7) is 12.7. The van der Waals surface area contributed by atoms with Crippen LogP contribution in [-0.2, 0) is 19.4 Å². The Morgan fingerprint density at radius 2 is 1.72 bits per heavy atom. The van der Waals surface area contributed by atoms with Gasteiger partial charge < -0.3 is 11.1 Å². The van der Waals surface area contributed by atoms with Crippen molar-refractivity contribution in [3.63, 3.8) is 0 Å². The number of para-hydroxylation sites is 1. The van der Waals surface area contributed by atoms with Crippen molar-refractivity contribution in [3.8, 4) is 0 Å². The fraction of sp³-hybridized carbons (Fsp3) is 0.419. The van der Waals surface area contributed by atoms with Gasteiger partial charge in [-0.1, -0.05) is 62.8 Å². The highest BCUT2D eigenvalue weighted by Gasteiger charge is 2.19. The van der Waals surface area contributed by atoms with E-state index in [9.17, 15) is 0 Å². The highest BCUT2D eigenvalue weighted by Crippen LogP contribution is 2.28. The molecule has 0 saturated heterocycles. The molecule has 194 valence electrons. The van der Waals surface area contributed by atoms with E-state index in [-0.39, 0.29) is 0 Å². The molecule has 0 heterocycles. The molecule has 0 bridgehead atoms. The van der Waals surface area contributed by atoms with Gasteiger partial charge in [-0.2, -0.15) is 0 Å². The molecular weight excluding hydrogens is 442 g/mol. The van der Waals surface area contributed by atoms with Gasteiger partial charge in [0.15, 0.2) is 0 Å². The number of hydrogen-bond donors (Lipinski definition) is 3. The van der Waals surface area contributed by atoms with Crippen LogP contribution in [0.1, 0.15) is 69.1 Å². The summed E-state index contributed by atoms with van der Waals surface area (Å²) in [5, 5.41) is 4.91. The Balaban J connectivity index is 0.000000202. The average molecular weight is 488 g/mol. The summed E-state index contributed by atoms with van der Waals surface area (Å²) in [5.74, 6) is 6.02. The number of aryl methyl sites for hydroxylation is 2. The Kier molecular flexibility index (Phi) is 10.2. The molecule has 0 aliphatic heterocycles. The lowest BCUT2D eigenvalue weighted by atomic mass is 9.94. The summed E-state index contributed by atoms with van der Waals surface area (Å²) in [7, 11) is 2.26. The van der Waals surface area contributed by atoms with Crippen LogP contribution in [0.25, 0.3) is 0 Å². The van der Waals surface area contributed by atoms with Gasteiger partial charge in [0.05, 0.1) is 17.1 Å². The number of nitrogens with two attached hydrogens (primary N) is 2. The van der Waals surface area contributed by atoms with Crippen molar-refractivity contribution in [2.24, 2.45) is 11.6 Å². The maximum Gasteiger partial charge on any atom is 0.0729 e. The highest BCUT2D eigenvalue weighted by atomic mass is 15.4. The van der Waals surface area contributed by atoms with Crippen LogP contribution in [0.15, 0.2) is 78.8 Å². The van der Waals surface area contributed by atoms with E-state index in [4.69, 9.17) is 11.6 Å². The first-order valence-electron chi connectivity index (χ1n) is 13.3. The quantitative estimate of drug-likeness (QED) is 0.221. The zero-order valence-electron chi connectivity index (χ0n) is 22.5. The van der Waals surface area contributed by atoms with E-state index in [1.807, 2.05) is 19.9 Å². The van der Waals surface area contributed by atoms with E-state index < -0.39 is 0 Å². The molecule has 1 saturated carbocycles. The zero-order chi connectivity index (χ0) is 26.1. The summed E-state index contributed by atoms with van der Waals surface area (Å²) < 4.78 is 0. The van der Waals surface area contributed by atoms with Crippen LogP contribution in [0.5, 0.6) is 0 Å². The zero-order valence-corrected chi connectivity index (χ0v) is 22.5. The molecule has 5 nitrogen and oxygen atoms in total.